The number of hydrogen-bond acceptors (Lipinski definition) is 3. The first-order chi connectivity index (χ1) is 14.8. The van der Waals surface area contributed by atoms with E-state index in [9.17, 15) is 13.2 Å². The average Bonchev–Trinajstić information content (AvgIpc) is 3.14. The molecule has 31 heavy (non-hydrogen) atoms. The molecule has 0 aliphatic rings. The van der Waals surface area contributed by atoms with Gasteiger partial charge in [0.05, 0.1) is 11.3 Å². The number of aromatic amines is 1. The van der Waals surface area contributed by atoms with E-state index in [2.05, 4.69) is 15.0 Å². The number of amides is 1. The van der Waals surface area contributed by atoms with Crippen LogP contribution in [0, 0.1) is 6.92 Å². The summed E-state index contributed by atoms with van der Waals surface area (Å²) >= 11 is 5.86. The zero-order chi connectivity index (χ0) is 22.0. The molecule has 1 amide bonds. The molecule has 0 fully saturated rings. The average molecular weight is 454 g/mol. The Balaban J connectivity index is 1.53. The van der Waals surface area contributed by atoms with Crippen molar-refractivity contribution in [2.45, 2.75) is 18.2 Å². The van der Waals surface area contributed by atoms with Gasteiger partial charge in [-0.1, -0.05) is 35.9 Å². The summed E-state index contributed by atoms with van der Waals surface area (Å²) in [6.07, 6.45) is 1.98. The lowest BCUT2D eigenvalue weighted by molar-refractivity contribution is -0.115. The highest BCUT2D eigenvalue weighted by Gasteiger charge is 2.18. The van der Waals surface area contributed by atoms with E-state index in [4.69, 9.17) is 11.6 Å². The standard InChI is InChI=1S/C23H20ClN3O3S/c1-15-6-9-19(13-22(15)31(29,30)27-18-10-7-17(24)8-11-18)26-23(28)12-16-14-25-21-5-3-2-4-20(16)21/h2-11,13-14,25,27H,12H2,1H3,(H,26,28). The molecule has 4 rings (SSSR count). The van der Waals surface area contributed by atoms with Crippen molar-refractivity contribution in [3.8, 4) is 0 Å². The number of H-pyrrole nitrogens is 1. The number of aromatic nitrogens is 1. The molecule has 6 nitrogen and oxygen atoms in total. The third kappa shape index (κ3) is 4.73. The van der Waals surface area contributed by atoms with Crippen molar-refractivity contribution in [1.82, 2.24) is 4.98 Å². The maximum absolute atomic E-state index is 12.9. The number of fused-ring (bicyclic) bond motifs is 1. The molecule has 3 N–H and O–H groups in total. The summed E-state index contributed by atoms with van der Waals surface area (Å²) in [5.74, 6) is -0.234. The third-order valence-corrected chi connectivity index (χ3v) is 6.66. The zero-order valence-corrected chi connectivity index (χ0v) is 18.2. The van der Waals surface area contributed by atoms with Crippen molar-refractivity contribution in [2.24, 2.45) is 0 Å². The van der Waals surface area contributed by atoms with Gasteiger partial charge in [-0.15, -0.1) is 0 Å². The molecule has 0 radical (unpaired) electrons. The normalized spacial score (nSPS) is 11.4. The monoisotopic (exact) mass is 453 g/mol. The van der Waals surface area contributed by atoms with Gasteiger partial charge in [0.25, 0.3) is 10.0 Å². The Labute approximate surface area is 185 Å². The number of benzene rings is 3. The molecular formula is C23H20ClN3O3S. The summed E-state index contributed by atoms with van der Waals surface area (Å²) in [6, 6.07) is 18.9. The maximum Gasteiger partial charge on any atom is 0.262 e. The van der Waals surface area contributed by atoms with Gasteiger partial charge in [-0.25, -0.2) is 8.42 Å². The van der Waals surface area contributed by atoms with E-state index in [1.54, 1.807) is 43.3 Å². The first-order valence-electron chi connectivity index (χ1n) is 9.56. The Hall–Kier alpha value is -3.29. The predicted octanol–water partition coefficient (Wildman–Crippen LogP) is 5.11. The fourth-order valence-electron chi connectivity index (χ4n) is 3.35. The van der Waals surface area contributed by atoms with Crippen molar-refractivity contribution >= 4 is 49.8 Å². The van der Waals surface area contributed by atoms with Gasteiger partial charge < -0.3 is 10.3 Å². The molecular weight excluding hydrogens is 434 g/mol. The largest absolute Gasteiger partial charge is 0.361 e. The van der Waals surface area contributed by atoms with Crippen LogP contribution in [0.2, 0.25) is 5.02 Å². The van der Waals surface area contributed by atoms with Crippen LogP contribution in [0.3, 0.4) is 0 Å². The van der Waals surface area contributed by atoms with Crippen molar-refractivity contribution < 1.29 is 13.2 Å². The molecule has 0 unspecified atom stereocenters. The SMILES string of the molecule is Cc1ccc(NC(=O)Cc2c[nH]c3ccccc23)cc1S(=O)(=O)Nc1ccc(Cl)cc1. The van der Waals surface area contributed by atoms with Crippen LogP contribution in [0.1, 0.15) is 11.1 Å². The second-order valence-corrected chi connectivity index (χ2v) is 9.26. The van der Waals surface area contributed by atoms with Gasteiger partial charge in [0, 0.05) is 33.5 Å². The molecule has 1 aromatic heterocycles. The van der Waals surface area contributed by atoms with E-state index in [0.717, 1.165) is 16.5 Å². The second kappa shape index (κ2) is 8.45. The van der Waals surface area contributed by atoms with Crippen LogP contribution in [-0.2, 0) is 21.2 Å². The quantitative estimate of drug-likeness (QED) is 0.378. The predicted molar refractivity (Wildman–Crippen MR) is 124 cm³/mol. The Morgan fingerprint density at radius 3 is 2.48 bits per heavy atom. The van der Waals surface area contributed by atoms with Crippen LogP contribution in [0.25, 0.3) is 10.9 Å². The van der Waals surface area contributed by atoms with Crippen molar-refractivity contribution in [3.05, 3.63) is 89.1 Å². The molecule has 0 aliphatic carbocycles. The lowest BCUT2D eigenvalue weighted by Gasteiger charge is -2.13. The first-order valence-corrected chi connectivity index (χ1v) is 11.4. The van der Waals surface area contributed by atoms with Crippen LogP contribution < -0.4 is 10.0 Å². The number of carbonyl (C=O) groups excluding carboxylic acids is 1. The Bertz CT molecular complexity index is 1360. The molecule has 0 aliphatic heterocycles. The van der Waals surface area contributed by atoms with Crippen molar-refractivity contribution in [2.75, 3.05) is 10.0 Å². The highest BCUT2D eigenvalue weighted by molar-refractivity contribution is 7.92. The summed E-state index contributed by atoms with van der Waals surface area (Å²) in [5.41, 5.74) is 3.21. The highest BCUT2D eigenvalue weighted by atomic mass is 35.5. The van der Waals surface area contributed by atoms with Gasteiger partial charge in [0.1, 0.15) is 0 Å². The lowest BCUT2D eigenvalue weighted by atomic mass is 10.1. The number of para-hydroxylation sites is 1. The molecule has 0 spiro atoms. The number of anilines is 2. The number of hydrogen-bond donors (Lipinski definition) is 3. The van der Waals surface area contributed by atoms with Crippen LogP contribution in [0.5, 0.6) is 0 Å². The fourth-order valence-corrected chi connectivity index (χ4v) is 4.81. The first kappa shape index (κ1) is 21.0. The molecule has 4 aromatic rings. The Morgan fingerprint density at radius 1 is 1.00 bits per heavy atom. The number of halogens is 1. The molecule has 0 atom stereocenters. The molecule has 0 saturated heterocycles. The van der Waals surface area contributed by atoms with Gasteiger partial charge in [0.15, 0.2) is 0 Å². The lowest BCUT2D eigenvalue weighted by Crippen LogP contribution is -2.17. The zero-order valence-electron chi connectivity index (χ0n) is 16.6. The molecule has 158 valence electrons. The van der Waals surface area contributed by atoms with Gasteiger partial charge in [-0.3, -0.25) is 9.52 Å². The minimum Gasteiger partial charge on any atom is -0.361 e. The number of sulfonamides is 1. The molecule has 0 bridgehead atoms. The van der Waals surface area contributed by atoms with E-state index >= 15 is 0 Å². The van der Waals surface area contributed by atoms with Crippen LogP contribution in [0.4, 0.5) is 11.4 Å². The number of aryl methyl sites for hydroxylation is 1. The van der Waals surface area contributed by atoms with E-state index in [1.807, 2.05) is 30.5 Å². The van der Waals surface area contributed by atoms with Crippen LogP contribution in [-0.4, -0.2) is 19.3 Å². The van der Waals surface area contributed by atoms with Crippen LogP contribution in [0.15, 0.2) is 77.8 Å². The topological polar surface area (TPSA) is 91.1 Å². The minimum atomic E-state index is -3.84. The smallest absolute Gasteiger partial charge is 0.262 e. The van der Waals surface area contributed by atoms with E-state index in [1.165, 1.54) is 6.07 Å². The Morgan fingerprint density at radius 2 is 1.71 bits per heavy atom. The van der Waals surface area contributed by atoms with Gasteiger partial charge in [-0.2, -0.15) is 0 Å². The second-order valence-electron chi connectivity index (χ2n) is 7.18. The number of rotatable bonds is 6. The number of carbonyl (C=O) groups is 1. The molecule has 3 aromatic carbocycles. The van der Waals surface area contributed by atoms with Gasteiger partial charge in [0.2, 0.25) is 5.91 Å². The summed E-state index contributed by atoms with van der Waals surface area (Å²) in [7, 11) is -3.84. The third-order valence-electron chi connectivity index (χ3n) is 4.88. The maximum atomic E-state index is 12.9. The number of nitrogens with one attached hydrogen (secondary N) is 3. The van der Waals surface area contributed by atoms with Crippen molar-refractivity contribution in [3.63, 3.8) is 0 Å². The van der Waals surface area contributed by atoms with Gasteiger partial charge in [-0.05, 0) is 60.5 Å². The molecule has 1 heterocycles. The minimum absolute atomic E-state index is 0.0901. The van der Waals surface area contributed by atoms with Gasteiger partial charge >= 0.3 is 0 Å². The van der Waals surface area contributed by atoms with Crippen LogP contribution >= 0.6 is 11.6 Å². The van der Waals surface area contributed by atoms with Crippen molar-refractivity contribution in [1.29, 1.82) is 0 Å². The van der Waals surface area contributed by atoms with E-state index < -0.39 is 10.0 Å². The Kier molecular flexibility index (Phi) is 5.71. The fraction of sp³-hybridized carbons (Fsp3) is 0.0870. The summed E-state index contributed by atoms with van der Waals surface area (Å²) in [4.78, 5) is 15.8. The molecule has 8 heteroatoms. The summed E-state index contributed by atoms with van der Waals surface area (Å²) in [5, 5.41) is 4.29. The van der Waals surface area contributed by atoms with E-state index in [0.29, 0.717) is 22.0 Å². The summed E-state index contributed by atoms with van der Waals surface area (Å²) in [6.45, 7) is 1.70. The molecule has 0 saturated carbocycles. The van der Waals surface area contributed by atoms with E-state index in [-0.39, 0.29) is 17.2 Å². The highest BCUT2D eigenvalue weighted by Crippen LogP contribution is 2.24. The summed E-state index contributed by atoms with van der Waals surface area (Å²) < 4.78 is 28.3.